The zero-order chi connectivity index (χ0) is 17.2. The van der Waals surface area contributed by atoms with E-state index >= 15 is 0 Å². The summed E-state index contributed by atoms with van der Waals surface area (Å²) in [7, 11) is 1.60. The molecule has 128 valence electrons. The summed E-state index contributed by atoms with van der Waals surface area (Å²) < 4.78 is 10.4. The highest BCUT2D eigenvalue weighted by Gasteiger charge is 2.29. The molecule has 6 nitrogen and oxygen atoms in total. The number of nitrogens with zero attached hydrogens (tertiary/aromatic N) is 2. The van der Waals surface area contributed by atoms with Gasteiger partial charge in [-0.2, -0.15) is 4.98 Å². The van der Waals surface area contributed by atoms with Crippen molar-refractivity contribution in [1.29, 1.82) is 0 Å². The van der Waals surface area contributed by atoms with Crippen molar-refractivity contribution in [3.05, 3.63) is 52.7 Å². The molecule has 3 aromatic rings. The Balaban J connectivity index is 1.37. The Hall–Kier alpha value is -2.67. The predicted molar refractivity (Wildman–Crippen MR) is 93.8 cm³/mol. The zero-order valence-corrected chi connectivity index (χ0v) is 14.5. The number of thiophene rings is 1. The normalized spacial score (nSPS) is 13.6. The summed E-state index contributed by atoms with van der Waals surface area (Å²) in [6.45, 7) is 0.457. The van der Waals surface area contributed by atoms with Crippen molar-refractivity contribution in [3.63, 3.8) is 0 Å². The maximum Gasteiger partial charge on any atom is 0.268 e. The maximum atomic E-state index is 12.2. The number of benzene rings is 1. The van der Waals surface area contributed by atoms with E-state index < -0.39 is 0 Å². The molecule has 1 saturated carbocycles. The third-order valence-electron chi connectivity index (χ3n) is 4.03. The highest BCUT2D eigenvalue weighted by molar-refractivity contribution is 7.15. The largest absolute Gasteiger partial charge is 0.497 e. The van der Waals surface area contributed by atoms with Gasteiger partial charge in [-0.15, -0.1) is 11.3 Å². The molecule has 0 unspecified atom stereocenters. The number of hydrogen-bond donors (Lipinski definition) is 1. The molecule has 0 aliphatic heterocycles. The van der Waals surface area contributed by atoms with Gasteiger partial charge in [-0.3, -0.25) is 4.79 Å². The van der Waals surface area contributed by atoms with Gasteiger partial charge in [0.15, 0.2) is 5.82 Å². The molecule has 1 aliphatic rings. The van der Waals surface area contributed by atoms with Gasteiger partial charge < -0.3 is 14.6 Å². The highest BCUT2D eigenvalue weighted by Crippen LogP contribution is 2.39. The van der Waals surface area contributed by atoms with E-state index in [-0.39, 0.29) is 5.91 Å². The summed E-state index contributed by atoms with van der Waals surface area (Å²) in [4.78, 5) is 18.6. The first-order chi connectivity index (χ1) is 12.2. The van der Waals surface area contributed by atoms with Gasteiger partial charge >= 0.3 is 0 Å². The smallest absolute Gasteiger partial charge is 0.268 e. The van der Waals surface area contributed by atoms with Crippen LogP contribution in [0.25, 0.3) is 10.8 Å². The summed E-state index contributed by atoms with van der Waals surface area (Å²) in [6.07, 6.45) is 2.29. The summed E-state index contributed by atoms with van der Waals surface area (Å²) in [5.41, 5.74) is 0.601. The average Bonchev–Trinajstić information content (AvgIpc) is 3.19. The Kier molecular flexibility index (Phi) is 4.23. The third kappa shape index (κ3) is 3.56. The monoisotopic (exact) mass is 355 g/mol. The van der Waals surface area contributed by atoms with Crippen molar-refractivity contribution in [2.75, 3.05) is 7.11 Å². The second-order valence-corrected chi connectivity index (χ2v) is 7.08. The standard InChI is InChI=1S/C18H17N3O3S/c1-23-13-6-4-12(5-7-13)17(22)19-10-14-8-9-15(25-14)18-20-16(21-24-18)11-2-3-11/h4-9,11H,2-3,10H2,1H3,(H,19,22). The van der Waals surface area contributed by atoms with Gasteiger partial charge in [0.05, 0.1) is 18.5 Å². The minimum atomic E-state index is -0.119. The Morgan fingerprint density at radius 1 is 1.28 bits per heavy atom. The van der Waals surface area contributed by atoms with Gasteiger partial charge in [0.25, 0.3) is 11.8 Å². The van der Waals surface area contributed by atoms with Gasteiger partial charge in [0.2, 0.25) is 0 Å². The van der Waals surface area contributed by atoms with Crippen LogP contribution in [0.15, 0.2) is 40.9 Å². The minimum absolute atomic E-state index is 0.119. The van der Waals surface area contributed by atoms with Crippen molar-refractivity contribution < 1.29 is 14.1 Å². The molecule has 1 aliphatic carbocycles. The molecular formula is C18H17N3O3S. The van der Waals surface area contributed by atoms with Gasteiger partial charge in [-0.05, 0) is 49.2 Å². The maximum absolute atomic E-state index is 12.2. The molecule has 4 rings (SSSR count). The van der Waals surface area contributed by atoms with Crippen LogP contribution in [0.3, 0.4) is 0 Å². The molecule has 0 radical (unpaired) electrons. The Morgan fingerprint density at radius 3 is 2.80 bits per heavy atom. The van der Waals surface area contributed by atoms with Crippen molar-refractivity contribution in [2.45, 2.75) is 25.3 Å². The zero-order valence-electron chi connectivity index (χ0n) is 13.7. The fourth-order valence-electron chi connectivity index (χ4n) is 2.44. The van der Waals surface area contributed by atoms with Crippen molar-refractivity contribution in [1.82, 2.24) is 15.5 Å². The Bertz CT molecular complexity index is 881. The molecule has 0 bridgehead atoms. The van der Waals surface area contributed by atoms with E-state index in [1.807, 2.05) is 12.1 Å². The molecule has 0 spiro atoms. The van der Waals surface area contributed by atoms with Crippen LogP contribution in [0.2, 0.25) is 0 Å². The first-order valence-electron chi connectivity index (χ1n) is 8.08. The second kappa shape index (κ2) is 6.68. The topological polar surface area (TPSA) is 77.2 Å². The van der Waals surface area contributed by atoms with Crippen LogP contribution in [-0.4, -0.2) is 23.2 Å². The number of rotatable bonds is 6. The SMILES string of the molecule is COc1ccc(C(=O)NCc2ccc(-c3nc(C4CC4)no3)s2)cc1. The van der Waals surface area contributed by atoms with E-state index in [9.17, 15) is 4.79 Å². The van der Waals surface area contributed by atoms with Crippen molar-refractivity contribution in [3.8, 4) is 16.5 Å². The van der Waals surface area contributed by atoms with Crippen LogP contribution < -0.4 is 10.1 Å². The quantitative estimate of drug-likeness (QED) is 0.731. The molecular weight excluding hydrogens is 338 g/mol. The van der Waals surface area contributed by atoms with E-state index in [4.69, 9.17) is 9.26 Å². The van der Waals surface area contributed by atoms with Crippen molar-refractivity contribution >= 4 is 17.2 Å². The number of carbonyl (C=O) groups is 1. The van der Waals surface area contributed by atoms with E-state index in [0.717, 1.165) is 34.2 Å². The van der Waals surface area contributed by atoms with Crippen LogP contribution in [0.5, 0.6) is 5.75 Å². The van der Waals surface area contributed by atoms with E-state index in [0.29, 0.717) is 23.9 Å². The van der Waals surface area contributed by atoms with Crippen LogP contribution in [0.4, 0.5) is 0 Å². The number of methoxy groups -OCH3 is 1. The molecule has 0 atom stereocenters. The first-order valence-corrected chi connectivity index (χ1v) is 8.89. The summed E-state index contributed by atoms with van der Waals surface area (Å²) in [5, 5.41) is 6.95. The lowest BCUT2D eigenvalue weighted by Crippen LogP contribution is -2.22. The Morgan fingerprint density at radius 2 is 2.08 bits per heavy atom. The number of ether oxygens (including phenoxy) is 1. The van der Waals surface area contributed by atoms with Crippen LogP contribution in [0.1, 0.15) is 39.8 Å². The average molecular weight is 355 g/mol. The first kappa shape index (κ1) is 15.8. The number of hydrogen-bond acceptors (Lipinski definition) is 6. The fraction of sp³-hybridized carbons (Fsp3) is 0.278. The third-order valence-corrected chi connectivity index (χ3v) is 5.11. The number of amides is 1. The van der Waals surface area contributed by atoms with Gasteiger partial charge in [-0.25, -0.2) is 0 Å². The van der Waals surface area contributed by atoms with E-state index in [1.54, 1.807) is 42.7 Å². The molecule has 1 aromatic carbocycles. The van der Waals surface area contributed by atoms with Gasteiger partial charge in [0, 0.05) is 16.4 Å². The summed E-state index contributed by atoms with van der Waals surface area (Å²) in [5.74, 6) is 2.44. The molecule has 7 heteroatoms. The second-order valence-electron chi connectivity index (χ2n) is 5.91. The molecule has 2 aromatic heterocycles. The van der Waals surface area contributed by atoms with Crippen LogP contribution in [0, 0.1) is 0 Å². The summed E-state index contributed by atoms with van der Waals surface area (Å²) in [6, 6.07) is 10.9. The van der Waals surface area contributed by atoms with Crippen LogP contribution >= 0.6 is 11.3 Å². The number of nitrogens with one attached hydrogen (secondary N) is 1. The minimum Gasteiger partial charge on any atom is -0.497 e. The lowest BCUT2D eigenvalue weighted by atomic mass is 10.2. The van der Waals surface area contributed by atoms with Gasteiger partial charge in [-0.1, -0.05) is 5.16 Å². The molecule has 2 heterocycles. The molecule has 25 heavy (non-hydrogen) atoms. The Labute approximate surface area is 148 Å². The molecule has 1 N–H and O–H groups in total. The fourth-order valence-corrected chi connectivity index (χ4v) is 3.31. The highest BCUT2D eigenvalue weighted by atomic mass is 32.1. The summed E-state index contributed by atoms with van der Waals surface area (Å²) >= 11 is 1.54. The van der Waals surface area contributed by atoms with Crippen LogP contribution in [-0.2, 0) is 6.54 Å². The van der Waals surface area contributed by atoms with E-state index in [1.165, 1.54) is 0 Å². The lowest BCUT2D eigenvalue weighted by Gasteiger charge is -2.04. The number of aromatic nitrogens is 2. The lowest BCUT2D eigenvalue weighted by molar-refractivity contribution is 0.0951. The predicted octanol–water partition coefficient (Wildman–Crippen LogP) is 3.61. The number of carbonyl (C=O) groups excluding carboxylic acids is 1. The molecule has 0 saturated heterocycles. The molecule has 1 amide bonds. The molecule has 1 fully saturated rings. The van der Waals surface area contributed by atoms with Gasteiger partial charge in [0.1, 0.15) is 5.75 Å². The van der Waals surface area contributed by atoms with E-state index in [2.05, 4.69) is 15.5 Å². The van der Waals surface area contributed by atoms with Crippen molar-refractivity contribution in [2.24, 2.45) is 0 Å².